The van der Waals surface area contributed by atoms with Gasteiger partial charge >= 0.3 is 0 Å². The van der Waals surface area contributed by atoms with E-state index in [1.807, 2.05) is 20.0 Å². The molecule has 2 N–H and O–H groups in total. The Bertz CT molecular complexity index is 709. The summed E-state index contributed by atoms with van der Waals surface area (Å²) in [5.74, 6) is -0.441. The lowest BCUT2D eigenvalue weighted by Crippen LogP contribution is -3.12. The molecule has 0 saturated carbocycles. The Morgan fingerprint density at radius 1 is 1.26 bits per heavy atom. The Labute approximate surface area is 145 Å². The number of hydrogen-bond acceptors (Lipinski definition) is 1. The molecule has 23 heavy (non-hydrogen) atoms. The molecule has 0 aliphatic heterocycles. The summed E-state index contributed by atoms with van der Waals surface area (Å²) < 4.78 is 13.2. The van der Waals surface area contributed by atoms with Gasteiger partial charge in [-0.2, -0.15) is 0 Å². The summed E-state index contributed by atoms with van der Waals surface area (Å²) in [6, 6.07) is 11.0. The highest BCUT2D eigenvalue weighted by Gasteiger charge is 2.22. The molecule has 0 heterocycles. The summed E-state index contributed by atoms with van der Waals surface area (Å²) in [4.78, 5) is 13.3. The molecule has 2 aromatic carbocycles. The van der Waals surface area contributed by atoms with Crippen molar-refractivity contribution >= 4 is 34.8 Å². The van der Waals surface area contributed by atoms with Gasteiger partial charge in [0.1, 0.15) is 12.4 Å². The second-order valence-corrected chi connectivity index (χ2v) is 6.33. The van der Waals surface area contributed by atoms with Gasteiger partial charge in [-0.1, -0.05) is 35.3 Å². The molecule has 2 aromatic rings. The van der Waals surface area contributed by atoms with Crippen LogP contribution in [-0.4, -0.2) is 19.0 Å². The quantitative estimate of drug-likeness (QED) is 0.848. The molecular weight excluding hydrogens is 338 g/mol. The maximum atomic E-state index is 13.2. The van der Waals surface area contributed by atoms with Crippen LogP contribution in [0.1, 0.15) is 12.5 Å². The number of benzene rings is 2. The maximum absolute atomic E-state index is 13.2. The van der Waals surface area contributed by atoms with Crippen molar-refractivity contribution in [3.63, 3.8) is 0 Å². The predicted molar refractivity (Wildman–Crippen MR) is 91.5 cm³/mol. The number of hydrogen-bond donors (Lipinski definition) is 2. The Hall–Kier alpha value is -1.62. The number of carbonyl (C=O) groups excluding carboxylic acids is 1. The Balaban J connectivity index is 2.01. The van der Waals surface area contributed by atoms with Crippen LogP contribution in [0, 0.1) is 5.82 Å². The zero-order chi connectivity index (χ0) is 17.0. The minimum Gasteiger partial charge on any atom is -0.324 e. The molecule has 6 heteroatoms. The molecule has 0 radical (unpaired) electrons. The summed E-state index contributed by atoms with van der Waals surface area (Å²) in [6.07, 6.45) is 0. The molecule has 122 valence electrons. The third kappa shape index (κ3) is 4.93. The second-order valence-electron chi connectivity index (χ2n) is 5.49. The van der Waals surface area contributed by atoms with Crippen LogP contribution in [0.2, 0.25) is 10.0 Å². The van der Waals surface area contributed by atoms with Gasteiger partial charge in [0.25, 0.3) is 5.91 Å². The van der Waals surface area contributed by atoms with E-state index in [0.717, 1.165) is 10.5 Å². The Morgan fingerprint density at radius 2 is 2.00 bits per heavy atom. The third-order valence-electron chi connectivity index (χ3n) is 3.69. The number of halogens is 3. The standard InChI is InChI=1S/C17H17Cl2FN2O/c1-11(22(2)10-12-4-3-5-14(20)8-12)17(23)21-16-7-6-13(18)9-15(16)19/h3-9,11H,10H2,1-2H3,(H,21,23)/p+1/t11-/m0/s1. The molecule has 0 saturated heterocycles. The van der Waals surface area contributed by atoms with Gasteiger partial charge < -0.3 is 10.2 Å². The smallest absolute Gasteiger partial charge is 0.282 e. The number of anilines is 1. The van der Waals surface area contributed by atoms with Crippen LogP contribution >= 0.6 is 23.2 Å². The first kappa shape index (κ1) is 17.7. The summed E-state index contributed by atoms with van der Waals surface area (Å²) >= 11 is 11.9. The summed E-state index contributed by atoms with van der Waals surface area (Å²) in [7, 11) is 1.89. The van der Waals surface area contributed by atoms with Crippen LogP contribution in [0.5, 0.6) is 0 Å². The lowest BCUT2D eigenvalue weighted by Gasteiger charge is -2.21. The average molecular weight is 356 g/mol. The first-order valence-electron chi connectivity index (χ1n) is 7.19. The maximum Gasteiger partial charge on any atom is 0.282 e. The second kappa shape index (κ2) is 7.77. The van der Waals surface area contributed by atoms with Gasteiger partial charge in [-0.05, 0) is 37.3 Å². The Morgan fingerprint density at radius 3 is 2.65 bits per heavy atom. The zero-order valence-corrected chi connectivity index (χ0v) is 14.4. The molecule has 0 aromatic heterocycles. The first-order valence-corrected chi connectivity index (χ1v) is 7.95. The molecule has 0 spiro atoms. The number of amides is 1. The van der Waals surface area contributed by atoms with E-state index in [4.69, 9.17) is 23.2 Å². The summed E-state index contributed by atoms with van der Waals surface area (Å²) in [5.41, 5.74) is 1.36. The van der Waals surface area contributed by atoms with E-state index in [2.05, 4.69) is 5.32 Å². The lowest BCUT2D eigenvalue weighted by molar-refractivity contribution is -0.907. The fraction of sp³-hybridized carbons (Fsp3) is 0.235. The highest BCUT2D eigenvalue weighted by atomic mass is 35.5. The van der Waals surface area contributed by atoms with E-state index in [1.54, 1.807) is 24.3 Å². The molecule has 2 rings (SSSR count). The third-order valence-corrected chi connectivity index (χ3v) is 4.24. The molecular formula is C17H18Cl2FN2O+. The van der Waals surface area contributed by atoms with Gasteiger partial charge in [0, 0.05) is 10.6 Å². The van der Waals surface area contributed by atoms with E-state index in [0.29, 0.717) is 22.3 Å². The number of carbonyl (C=O) groups is 1. The van der Waals surface area contributed by atoms with Gasteiger partial charge in [-0.15, -0.1) is 0 Å². The van der Waals surface area contributed by atoms with Gasteiger partial charge in [-0.3, -0.25) is 4.79 Å². The average Bonchev–Trinajstić information content (AvgIpc) is 2.49. The van der Waals surface area contributed by atoms with Crippen LogP contribution in [-0.2, 0) is 11.3 Å². The lowest BCUT2D eigenvalue weighted by atomic mass is 10.2. The molecule has 1 unspecified atom stereocenters. The molecule has 1 amide bonds. The zero-order valence-electron chi connectivity index (χ0n) is 12.9. The highest BCUT2D eigenvalue weighted by molar-refractivity contribution is 6.36. The van der Waals surface area contributed by atoms with E-state index in [-0.39, 0.29) is 17.8 Å². The molecule has 0 aliphatic rings. The van der Waals surface area contributed by atoms with Gasteiger partial charge in [0.05, 0.1) is 17.8 Å². The first-order chi connectivity index (χ1) is 10.9. The minimum absolute atomic E-state index is 0.164. The van der Waals surface area contributed by atoms with Crippen molar-refractivity contribution in [1.82, 2.24) is 0 Å². The predicted octanol–water partition coefficient (Wildman–Crippen LogP) is 3.17. The molecule has 0 bridgehead atoms. The van der Waals surface area contributed by atoms with Crippen LogP contribution in [0.25, 0.3) is 0 Å². The van der Waals surface area contributed by atoms with Crippen LogP contribution in [0.3, 0.4) is 0 Å². The van der Waals surface area contributed by atoms with Crippen molar-refractivity contribution in [3.05, 3.63) is 63.9 Å². The Kier molecular flexibility index (Phi) is 5.99. The van der Waals surface area contributed by atoms with Crippen molar-refractivity contribution < 1.29 is 14.1 Å². The fourth-order valence-electron chi connectivity index (χ4n) is 2.18. The van der Waals surface area contributed by atoms with Crippen LogP contribution in [0.15, 0.2) is 42.5 Å². The molecule has 2 atom stereocenters. The van der Waals surface area contributed by atoms with E-state index >= 15 is 0 Å². The van der Waals surface area contributed by atoms with E-state index in [1.165, 1.54) is 12.1 Å². The fourth-order valence-corrected chi connectivity index (χ4v) is 2.63. The van der Waals surface area contributed by atoms with Crippen molar-refractivity contribution in [1.29, 1.82) is 0 Å². The van der Waals surface area contributed by atoms with Crippen molar-refractivity contribution in [3.8, 4) is 0 Å². The van der Waals surface area contributed by atoms with Gasteiger partial charge in [0.2, 0.25) is 0 Å². The minimum atomic E-state index is -0.329. The summed E-state index contributed by atoms with van der Waals surface area (Å²) in [6.45, 7) is 2.36. The molecule has 3 nitrogen and oxygen atoms in total. The van der Waals surface area contributed by atoms with E-state index < -0.39 is 0 Å². The van der Waals surface area contributed by atoms with Crippen LogP contribution < -0.4 is 10.2 Å². The van der Waals surface area contributed by atoms with E-state index in [9.17, 15) is 9.18 Å². The number of likely N-dealkylation sites (N-methyl/N-ethyl adjacent to an activating group) is 1. The highest BCUT2D eigenvalue weighted by Crippen LogP contribution is 2.25. The van der Waals surface area contributed by atoms with Crippen LogP contribution in [0.4, 0.5) is 10.1 Å². The number of quaternary nitrogens is 1. The number of rotatable bonds is 5. The normalized spacial score (nSPS) is 13.4. The SMILES string of the molecule is C[C@@H](C(=O)Nc1ccc(Cl)cc1Cl)[NH+](C)Cc1cccc(F)c1. The van der Waals surface area contributed by atoms with Gasteiger partial charge in [-0.25, -0.2) is 4.39 Å². The van der Waals surface area contributed by atoms with Crippen molar-refractivity contribution in [2.45, 2.75) is 19.5 Å². The molecule has 0 aliphatic carbocycles. The number of nitrogens with one attached hydrogen (secondary N) is 2. The monoisotopic (exact) mass is 355 g/mol. The van der Waals surface area contributed by atoms with Crippen molar-refractivity contribution in [2.24, 2.45) is 0 Å². The molecule has 0 fully saturated rings. The van der Waals surface area contributed by atoms with Crippen molar-refractivity contribution in [2.75, 3.05) is 12.4 Å². The van der Waals surface area contributed by atoms with Gasteiger partial charge in [0.15, 0.2) is 6.04 Å². The largest absolute Gasteiger partial charge is 0.324 e. The summed E-state index contributed by atoms with van der Waals surface area (Å²) in [5, 5.41) is 3.69. The topological polar surface area (TPSA) is 33.5 Å².